The molecule has 1 aliphatic carbocycles. The van der Waals surface area contributed by atoms with Gasteiger partial charge >= 0.3 is 0 Å². The van der Waals surface area contributed by atoms with Crippen molar-refractivity contribution in [3.05, 3.63) is 129 Å². The van der Waals surface area contributed by atoms with Crippen LogP contribution in [0.25, 0.3) is 0 Å². The van der Waals surface area contributed by atoms with Crippen LogP contribution in [0.1, 0.15) is 54.4 Å². The number of benzene rings is 4. The van der Waals surface area contributed by atoms with Crippen molar-refractivity contribution in [2.45, 2.75) is 75.9 Å². The van der Waals surface area contributed by atoms with Gasteiger partial charge in [0.1, 0.15) is 12.6 Å². The minimum Gasteiger partial charge on any atom is -0.352 e. The Morgan fingerprint density at radius 1 is 0.792 bits per heavy atom. The topological polar surface area (TPSA) is 86.8 Å². The first-order valence-electron chi connectivity index (χ1n) is 16.2. The van der Waals surface area contributed by atoms with Crippen molar-refractivity contribution < 1.29 is 18.0 Å². The molecule has 0 spiro atoms. The predicted octanol–water partition coefficient (Wildman–Crippen LogP) is 7.89. The minimum atomic E-state index is -4.27. The number of sulfonamides is 1. The summed E-state index contributed by atoms with van der Waals surface area (Å²) in [5, 5.41) is 3.68. The molecule has 10 heteroatoms. The maximum atomic E-state index is 14.7. The number of halogens is 2. The van der Waals surface area contributed by atoms with Crippen molar-refractivity contribution in [3.8, 4) is 0 Å². The average Bonchev–Trinajstić information content (AvgIpc) is 3.05. The van der Waals surface area contributed by atoms with Crippen LogP contribution in [0, 0.1) is 13.8 Å². The van der Waals surface area contributed by atoms with E-state index in [1.807, 2.05) is 68.4 Å². The maximum absolute atomic E-state index is 14.7. The smallest absolute Gasteiger partial charge is 0.264 e. The lowest BCUT2D eigenvalue weighted by Crippen LogP contribution is -2.55. The largest absolute Gasteiger partial charge is 0.352 e. The van der Waals surface area contributed by atoms with Gasteiger partial charge in [-0.3, -0.25) is 13.9 Å². The highest BCUT2D eigenvalue weighted by atomic mass is 35.5. The molecule has 0 heterocycles. The molecule has 0 aromatic heterocycles. The predicted molar refractivity (Wildman–Crippen MR) is 193 cm³/mol. The fourth-order valence-electron chi connectivity index (χ4n) is 6.15. The molecule has 1 saturated carbocycles. The molecule has 2 amide bonds. The molecule has 7 nitrogen and oxygen atoms in total. The van der Waals surface area contributed by atoms with E-state index in [4.69, 9.17) is 23.2 Å². The summed E-state index contributed by atoms with van der Waals surface area (Å²) in [6.45, 7) is 3.35. The van der Waals surface area contributed by atoms with Crippen molar-refractivity contribution in [1.29, 1.82) is 0 Å². The molecule has 48 heavy (non-hydrogen) atoms. The second kappa shape index (κ2) is 16.0. The zero-order valence-corrected chi connectivity index (χ0v) is 29.6. The molecule has 1 aliphatic rings. The van der Waals surface area contributed by atoms with Crippen LogP contribution >= 0.6 is 23.2 Å². The lowest BCUT2D eigenvalue weighted by Gasteiger charge is -2.35. The minimum absolute atomic E-state index is 0.0121. The van der Waals surface area contributed by atoms with E-state index >= 15 is 0 Å². The number of carbonyl (C=O) groups is 2. The Morgan fingerprint density at radius 3 is 2.08 bits per heavy atom. The summed E-state index contributed by atoms with van der Waals surface area (Å²) >= 11 is 12.7. The van der Waals surface area contributed by atoms with Gasteiger partial charge < -0.3 is 10.2 Å². The SMILES string of the molecule is Cc1ccc(S(=O)(=O)N(CC(=O)N(Cc2cccc(C)c2)C(Cc2ccccc2)C(=O)NC2CCCCC2)c2cc(Cl)cc(Cl)c2)cc1. The van der Waals surface area contributed by atoms with E-state index in [-0.39, 0.29) is 45.5 Å². The Balaban J connectivity index is 1.58. The van der Waals surface area contributed by atoms with Gasteiger partial charge in [-0.05, 0) is 68.1 Å². The van der Waals surface area contributed by atoms with Gasteiger partial charge in [0, 0.05) is 29.1 Å². The Bertz CT molecular complexity index is 1810. The molecule has 4 aromatic carbocycles. The van der Waals surface area contributed by atoms with Crippen molar-refractivity contribution >= 4 is 50.7 Å². The van der Waals surface area contributed by atoms with E-state index in [2.05, 4.69) is 5.32 Å². The average molecular weight is 707 g/mol. The molecular formula is C38H41Cl2N3O4S. The lowest BCUT2D eigenvalue weighted by molar-refractivity contribution is -0.140. The molecule has 252 valence electrons. The fourth-order valence-corrected chi connectivity index (χ4v) is 8.07. The molecule has 1 unspecified atom stereocenters. The molecule has 5 rings (SSSR count). The van der Waals surface area contributed by atoms with E-state index in [9.17, 15) is 18.0 Å². The zero-order valence-electron chi connectivity index (χ0n) is 27.2. The molecule has 0 saturated heterocycles. The highest BCUT2D eigenvalue weighted by Crippen LogP contribution is 2.30. The summed E-state index contributed by atoms with van der Waals surface area (Å²) in [5.41, 5.74) is 3.74. The number of amides is 2. The van der Waals surface area contributed by atoms with Gasteiger partial charge in [-0.1, -0.05) is 120 Å². The molecule has 1 atom stereocenters. The molecule has 1 fully saturated rings. The highest BCUT2D eigenvalue weighted by Gasteiger charge is 2.35. The summed E-state index contributed by atoms with van der Waals surface area (Å²) in [6, 6.07) is 27.3. The first kappa shape index (κ1) is 35.5. The molecule has 1 N–H and O–H groups in total. The van der Waals surface area contributed by atoms with Gasteiger partial charge in [0.05, 0.1) is 10.6 Å². The van der Waals surface area contributed by atoms with Gasteiger partial charge in [-0.2, -0.15) is 0 Å². The van der Waals surface area contributed by atoms with Crippen LogP contribution in [0.2, 0.25) is 10.0 Å². The normalized spacial score (nSPS) is 14.2. The van der Waals surface area contributed by atoms with Crippen molar-refractivity contribution in [2.24, 2.45) is 0 Å². The Hall–Kier alpha value is -3.85. The van der Waals surface area contributed by atoms with E-state index < -0.39 is 28.5 Å². The Kier molecular flexibility index (Phi) is 11.8. The summed E-state index contributed by atoms with van der Waals surface area (Å²) in [7, 11) is -4.27. The monoisotopic (exact) mass is 705 g/mol. The molecule has 0 bridgehead atoms. The van der Waals surface area contributed by atoms with E-state index in [0.29, 0.717) is 0 Å². The van der Waals surface area contributed by atoms with Gasteiger partial charge in [0.15, 0.2) is 0 Å². The first-order valence-corrected chi connectivity index (χ1v) is 18.4. The summed E-state index contributed by atoms with van der Waals surface area (Å²) in [4.78, 5) is 30.5. The van der Waals surface area contributed by atoms with E-state index in [1.165, 1.54) is 35.2 Å². The lowest BCUT2D eigenvalue weighted by atomic mass is 9.94. The van der Waals surface area contributed by atoms with E-state index in [0.717, 1.165) is 58.7 Å². The number of anilines is 1. The summed E-state index contributed by atoms with van der Waals surface area (Å²) in [6.07, 6.45) is 5.23. The second-order valence-electron chi connectivity index (χ2n) is 12.5. The Labute approximate surface area is 293 Å². The van der Waals surface area contributed by atoms with Gasteiger partial charge in [-0.25, -0.2) is 8.42 Å². The van der Waals surface area contributed by atoms with Crippen molar-refractivity contribution in [1.82, 2.24) is 10.2 Å². The number of rotatable bonds is 12. The van der Waals surface area contributed by atoms with Crippen LogP contribution in [0.4, 0.5) is 5.69 Å². The van der Waals surface area contributed by atoms with Crippen LogP contribution in [-0.2, 0) is 32.6 Å². The third-order valence-electron chi connectivity index (χ3n) is 8.68. The Morgan fingerprint density at radius 2 is 1.44 bits per heavy atom. The van der Waals surface area contributed by atoms with Gasteiger partial charge in [0.2, 0.25) is 11.8 Å². The number of nitrogens with zero attached hydrogens (tertiary/aromatic N) is 2. The summed E-state index contributed by atoms with van der Waals surface area (Å²) < 4.78 is 29.6. The van der Waals surface area contributed by atoms with Crippen LogP contribution in [-0.4, -0.2) is 43.8 Å². The standard InChI is InChI=1S/C38H41Cl2N3O4S/c1-27-16-18-35(19-17-27)48(46,47)43(34-23-31(39)22-32(40)24-34)26-37(44)42(25-30-13-9-10-28(2)20-30)36(21-29-11-5-3-6-12-29)38(45)41-33-14-7-4-8-15-33/h3,5-6,9-13,16-20,22-24,33,36H,4,7-8,14-15,21,25-26H2,1-2H3,(H,41,45). The van der Waals surface area contributed by atoms with Crippen LogP contribution in [0.15, 0.2) is 102 Å². The number of aryl methyl sites for hydroxylation is 2. The number of hydrogen-bond acceptors (Lipinski definition) is 4. The second-order valence-corrected chi connectivity index (χ2v) is 15.2. The van der Waals surface area contributed by atoms with Gasteiger partial charge in [-0.15, -0.1) is 0 Å². The van der Waals surface area contributed by atoms with Crippen LogP contribution in [0.5, 0.6) is 0 Å². The first-order chi connectivity index (χ1) is 23.0. The van der Waals surface area contributed by atoms with Crippen LogP contribution in [0.3, 0.4) is 0 Å². The highest BCUT2D eigenvalue weighted by molar-refractivity contribution is 7.92. The van der Waals surface area contributed by atoms with Gasteiger partial charge in [0.25, 0.3) is 10.0 Å². The molecule has 4 aromatic rings. The van der Waals surface area contributed by atoms with E-state index in [1.54, 1.807) is 12.1 Å². The number of carbonyl (C=O) groups excluding carboxylic acids is 2. The third-order valence-corrected chi connectivity index (χ3v) is 10.9. The zero-order chi connectivity index (χ0) is 34.3. The number of nitrogens with one attached hydrogen (secondary N) is 1. The maximum Gasteiger partial charge on any atom is 0.264 e. The number of hydrogen-bond donors (Lipinski definition) is 1. The molecule has 0 aliphatic heterocycles. The molecular weight excluding hydrogens is 665 g/mol. The van der Waals surface area contributed by atoms with Crippen molar-refractivity contribution in [2.75, 3.05) is 10.8 Å². The summed E-state index contributed by atoms with van der Waals surface area (Å²) in [5.74, 6) is -0.798. The fraction of sp³-hybridized carbons (Fsp3) is 0.316. The van der Waals surface area contributed by atoms with Crippen molar-refractivity contribution in [3.63, 3.8) is 0 Å². The molecule has 0 radical (unpaired) electrons. The quantitative estimate of drug-likeness (QED) is 0.162. The van der Waals surface area contributed by atoms with Crippen LogP contribution < -0.4 is 9.62 Å². The third kappa shape index (κ3) is 9.19.